The van der Waals surface area contributed by atoms with E-state index in [0.717, 1.165) is 31.5 Å². The number of rotatable bonds is 2. The Labute approximate surface area is 130 Å². The highest BCUT2D eigenvalue weighted by molar-refractivity contribution is 7.80. The van der Waals surface area contributed by atoms with Gasteiger partial charge in [-0.1, -0.05) is 30.3 Å². The fourth-order valence-corrected chi connectivity index (χ4v) is 3.40. The van der Waals surface area contributed by atoms with Crippen LogP contribution in [0.15, 0.2) is 30.3 Å². The van der Waals surface area contributed by atoms with Crippen LogP contribution in [0.1, 0.15) is 18.4 Å². The van der Waals surface area contributed by atoms with Crippen molar-refractivity contribution in [3.8, 4) is 0 Å². The lowest BCUT2D eigenvalue weighted by Gasteiger charge is -2.44. The average molecular weight is 304 g/mol. The predicted molar refractivity (Wildman–Crippen MR) is 85.3 cm³/mol. The quantitative estimate of drug-likeness (QED) is 0.786. The second-order valence-electron chi connectivity index (χ2n) is 5.68. The Morgan fingerprint density at radius 1 is 1.29 bits per heavy atom. The molecule has 0 atom stereocenters. The molecule has 0 bridgehead atoms. The first-order chi connectivity index (χ1) is 10.1. The van der Waals surface area contributed by atoms with Crippen LogP contribution in [0.5, 0.6) is 0 Å². The number of thiocarbonyl (C=S) groups is 1. The summed E-state index contributed by atoms with van der Waals surface area (Å²) in [7, 11) is 0. The summed E-state index contributed by atoms with van der Waals surface area (Å²) >= 11 is 5.04. The monoisotopic (exact) mass is 304 g/mol. The lowest BCUT2D eigenvalue weighted by molar-refractivity contribution is -0.132. The third-order valence-electron chi connectivity index (χ3n) is 4.47. The minimum Gasteiger partial charge on any atom is -0.376 e. The van der Waals surface area contributed by atoms with Gasteiger partial charge < -0.3 is 15.5 Å². The van der Waals surface area contributed by atoms with Gasteiger partial charge in [-0.05, 0) is 17.8 Å². The number of benzene rings is 1. The molecule has 2 aliphatic heterocycles. The van der Waals surface area contributed by atoms with E-state index in [1.165, 1.54) is 0 Å². The molecule has 112 valence electrons. The molecule has 5 nitrogen and oxygen atoms in total. The molecular weight excluding hydrogens is 284 g/mol. The molecule has 2 saturated heterocycles. The number of carbonyl (C=O) groups is 1. The Morgan fingerprint density at radius 2 is 1.95 bits per heavy atom. The molecule has 0 radical (unpaired) electrons. The number of likely N-dealkylation sites (tertiary alicyclic amines) is 1. The molecule has 0 unspecified atom stereocenters. The smallest absolute Gasteiger partial charge is 0.238 e. The second-order valence-corrected chi connectivity index (χ2v) is 6.09. The van der Waals surface area contributed by atoms with Crippen molar-refractivity contribution in [3.05, 3.63) is 35.9 Å². The Morgan fingerprint density at radius 3 is 2.57 bits per heavy atom. The maximum absolute atomic E-state index is 12.3. The Bertz CT molecular complexity index is 540. The summed E-state index contributed by atoms with van der Waals surface area (Å²) in [6, 6.07) is 10.1. The standard InChI is InChI=1S/C15H20N4OS/c16-14(21)18-8-6-15(7-9-18)17-10-13(20)19(15)11-12-4-2-1-3-5-12/h1-5,17H,6-11H2,(H2,16,21). The molecule has 0 aromatic heterocycles. The van der Waals surface area contributed by atoms with Gasteiger partial charge in [-0.2, -0.15) is 0 Å². The number of hydrogen-bond acceptors (Lipinski definition) is 3. The van der Waals surface area contributed by atoms with Gasteiger partial charge in [0.05, 0.1) is 12.2 Å². The number of hydrogen-bond donors (Lipinski definition) is 2. The van der Waals surface area contributed by atoms with E-state index in [2.05, 4.69) is 17.4 Å². The van der Waals surface area contributed by atoms with E-state index < -0.39 is 0 Å². The van der Waals surface area contributed by atoms with Crippen LogP contribution in [-0.2, 0) is 11.3 Å². The fraction of sp³-hybridized carbons (Fsp3) is 0.467. The van der Waals surface area contributed by atoms with Gasteiger partial charge in [-0.15, -0.1) is 0 Å². The summed E-state index contributed by atoms with van der Waals surface area (Å²) in [6.07, 6.45) is 1.70. The molecule has 1 amide bonds. The molecule has 2 aliphatic rings. The van der Waals surface area contributed by atoms with Crippen LogP contribution in [0.25, 0.3) is 0 Å². The molecule has 2 heterocycles. The number of nitrogens with two attached hydrogens (primary N) is 1. The molecule has 6 heteroatoms. The highest BCUT2D eigenvalue weighted by atomic mass is 32.1. The molecule has 3 N–H and O–H groups in total. The summed E-state index contributed by atoms with van der Waals surface area (Å²) in [5.74, 6) is 0.169. The van der Waals surface area contributed by atoms with Crippen LogP contribution in [0.3, 0.4) is 0 Å². The van der Waals surface area contributed by atoms with Crippen molar-refractivity contribution in [3.63, 3.8) is 0 Å². The van der Waals surface area contributed by atoms with Gasteiger partial charge in [0.15, 0.2) is 5.11 Å². The molecular formula is C15H20N4OS. The Hall–Kier alpha value is -1.66. The largest absolute Gasteiger partial charge is 0.376 e. The van der Waals surface area contributed by atoms with E-state index in [-0.39, 0.29) is 11.6 Å². The van der Waals surface area contributed by atoms with E-state index in [9.17, 15) is 4.79 Å². The minimum absolute atomic E-state index is 0.169. The zero-order valence-corrected chi connectivity index (χ0v) is 12.7. The maximum atomic E-state index is 12.3. The molecule has 2 fully saturated rings. The average Bonchev–Trinajstić information content (AvgIpc) is 2.78. The number of piperidine rings is 1. The van der Waals surface area contributed by atoms with Crippen molar-refractivity contribution in [1.82, 2.24) is 15.1 Å². The van der Waals surface area contributed by atoms with Crippen molar-refractivity contribution in [1.29, 1.82) is 0 Å². The van der Waals surface area contributed by atoms with E-state index in [1.807, 2.05) is 28.0 Å². The summed E-state index contributed by atoms with van der Waals surface area (Å²) < 4.78 is 0. The summed E-state index contributed by atoms with van der Waals surface area (Å²) in [6.45, 7) is 2.65. The fourth-order valence-electron chi connectivity index (χ4n) is 3.22. The van der Waals surface area contributed by atoms with E-state index in [4.69, 9.17) is 18.0 Å². The third kappa shape index (κ3) is 2.73. The zero-order valence-electron chi connectivity index (χ0n) is 11.9. The van der Waals surface area contributed by atoms with Crippen LogP contribution in [-0.4, -0.2) is 46.1 Å². The van der Waals surface area contributed by atoms with Crippen molar-refractivity contribution in [2.24, 2.45) is 5.73 Å². The molecule has 1 spiro atoms. The topological polar surface area (TPSA) is 61.6 Å². The lowest BCUT2D eigenvalue weighted by atomic mass is 9.95. The molecule has 21 heavy (non-hydrogen) atoms. The normalized spacial score (nSPS) is 21.0. The molecule has 0 aliphatic carbocycles. The third-order valence-corrected chi connectivity index (χ3v) is 4.73. The first-order valence-corrected chi connectivity index (χ1v) is 7.65. The molecule has 3 rings (SSSR count). The summed E-state index contributed by atoms with van der Waals surface area (Å²) in [4.78, 5) is 16.3. The Kier molecular flexibility index (Phi) is 3.82. The van der Waals surface area contributed by atoms with Crippen molar-refractivity contribution < 1.29 is 4.79 Å². The Balaban J connectivity index is 1.75. The van der Waals surface area contributed by atoms with Crippen LogP contribution in [0, 0.1) is 0 Å². The number of nitrogens with zero attached hydrogens (tertiary/aromatic N) is 2. The van der Waals surface area contributed by atoms with Gasteiger partial charge in [0.2, 0.25) is 5.91 Å². The van der Waals surface area contributed by atoms with Gasteiger partial charge in [0, 0.05) is 32.5 Å². The predicted octanol–water partition coefficient (Wildman–Crippen LogP) is 0.654. The lowest BCUT2D eigenvalue weighted by Crippen LogP contribution is -2.59. The first-order valence-electron chi connectivity index (χ1n) is 7.24. The van der Waals surface area contributed by atoms with E-state index in [1.54, 1.807) is 0 Å². The molecule has 1 aromatic carbocycles. The van der Waals surface area contributed by atoms with Gasteiger partial charge in [0.1, 0.15) is 0 Å². The maximum Gasteiger partial charge on any atom is 0.238 e. The molecule has 0 saturated carbocycles. The van der Waals surface area contributed by atoms with E-state index in [0.29, 0.717) is 18.2 Å². The van der Waals surface area contributed by atoms with Gasteiger partial charge in [-0.25, -0.2) is 0 Å². The highest BCUT2D eigenvalue weighted by Crippen LogP contribution is 2.31. The van der Waals surface area contributed by atoms with Crippen LogP contribution < -0.4 is 11.1 Å². The zero-order chi connectivity index (χ0) is 14.9. The SMILES string of the molecule is NC(=S)N1CCC2(CC1)NCC(=O)N2Cc1ccccc1. The molecule has 1 aromatic rings. The number of nitrogens with one attached hydrogen (secondary N) is 1. The van der Waals surface area contributed by atoms with Crippen molar-refractivity contribution in [2.45, 2.75) is 25.0 Å². The van der Waals surface area contributed by atoms with Crippen LogP contribution in [0.4, 0.5) is 0 Å². The summed E-state index contributed by atoms with van der Waals surface area (Å²) in [5.41, 5.74) is 6.61. The summed E-state index contributed by atoms with van der Waals surface area (Å²) in [5, 5.41) is 3.87. The first kappa shape index (κ1) is 14.3. The van der Waals surface area contributed by atoms with Crippen molar-refractivity contribution >= 4 is 23.2 Å². The highest BCUT2D eigenvalue weighted by Gasteiger charge is 2.46. The van der Waals surface area contributed by atoms with Crippen LogP contribution >= 0.6 is 12.2 Å². The number of carbonyl (C=O) groups excluding carboxylic acids is 1. The van der Waals surface area contributed by atoms with Crippen LogP contribution in [0.2, 0.25) is 0 Å². The van der Waals surface area contributed by atoms with Gasteiger partial charge in [-0.3, -0.25) is 10.1 Å². The minimum atomic E-state index is -0.242. The van der Waals surface area contributed by atoms with Crippen molar-refractivity contribution in [2.75, 3.05) is 19.6 Å². The second kappa shape index (κ2) is 5.61. The van der Waals surface area contributed by atoms with Gasteiger partial charge in [0.25, 0.3) is 0 Å². The van der Waals surface area contributed by atoms with Gasteiger partial charge >= 0.3 is 0 Å². The van der Waals surface area contributed by atoms with E-state index >= 15 is 0 Å². The number of amides is 1.